The number of carbonyl (C=O) groups excluding carboxylic acids is 1. The minimum atomic E-state index is -0.576. The largest absolute Gasteiger partial charge is 0.355 e. The smallest absolute Gasteiger partial charge is 0.248 e. The minimum Gasteiger partial charge on any atom is -0.355 e. The van der Waals surface area contributed by atoms with Gasteiger partial charge < -0.3 is 10.7 Å². The van der Waals surface area contributed by atoms with Crippen LogP contribution >= 0.6 is 11.8 Å². The minimum absolute atomic E-state index is 0.128. The van der Waals surface area contributed by atoms with Crippen molar-refractivity contribution in [3.63, 3.8) is 0 Å². The lowest BCUT2D eigenvalue weighted by atomic mass is 10.2. The average Bonchev–Trinajstić information content (AvgIpc) is 3.57. The van der Waals surface area contributed by atoms with E-state index in [9.17, 15) is 4.79 Å². The normalized spacial score (nSPS) is 13.4. The van der Waals surface area contributed by atoms with Gasteiger partial charge in [-0.25, -0.2) is 9.97 Å². The van der Waals surface area contributed by atoms with E-state index in [1.165, 1.54) is 0 Å². The Balaban J connectivity index is 1.77. The first kappa shape index (κ1) is 20.5. The van der Waals surface area contributed by atoms with Crippen LogP contribution in [0.1, 0.15) is 34.0 Å². The van der Waals surface area contributed by atoms with Crippen LogP contribution in [0.4, 0.5) is 0 Å². The number of rotatable bonds is 4. The summed E-state index contributed by atoms with van der Waals surface area (Å²) in [7, 11) is 0. The summed E-state index contributed by atoms with van der Waals surface area (Å²) in [5.41, 5.74) is 12.9. The van der Waals surface area contributed by atoms with E-state index in [-0.39, 0.29) is 5.91 Å². The van der Waals surface area contributed by atoms with Gasteiger partial charge in [0.25, 0.3) is 0 Å². The first-order valence-electron chi connectivity index (χ1n) is 10.4. The van der Waals surface area contributed by atoms with Crippen molar-refractivity contribution in [2.45, 2.75) is 12.5 Å². The molecule has 2 aliphatic heterocycles. The summed E-state index contributed by atoms with van der Waals surface area (Å²) >= 11 is 1.68. The van der Waals surface area contributed by atoms with E-state index < -0.39 is 6.04 Å². The Labute approximate surface area is 189 Å². The highest BCUT2D eigenvalue weighted by molar-refractivity contribution is 7.98. The van der Waals surface area contributed by atoms with Gasteiger partial charge in [-0.2, -0.15) is 11.8 Å². The van der Waals surface area contributed by atoms with Crippen LogP contribution in [0.25, 0.3) is 46.4 Å². The standard InChI is InChI=1S/C25H23N5OS/c1-32-11-10-24(26)25(31)30-22-8-9-23(30)15-21-7-5-19(29-21)13-17-3-2-16(27-17)12-18-4-6-20(14-22)28-18/h2-9,12-15,24,27H,10-11,26H2,1H3/t24-/m0/s1. The number of fused-ring (bicyclic) bond motifs is 8. The highest BCUT2D eigenvalue weighted by Gasteiger charge is 2.18. The zero-order valence-corrected chi connectivity index (χ0v) is 18.5. The maximum atomic E-state index is 13.3. The fourth-order valence-corrected chi connectivity index (χ4v) is 4.30. The second-order valence-corrected chi connectivity index (χ2v) is 8.77. The molecule has 6 nitrogen and oxygen atoms in total. The van der Waals surface area contributed by atoms with E-state index in [2.05, 4.69) is 4.98 Å². The Morgan fingerprint density at radius 3 is 1.91 bits per heavy atom. The highest BCUT2D eigenvalue weighted by Crippen LogP contribution is 2.20. The molecule has 32 heavy (non-hydrogen) atoms. The van der Waals surface area contributed by atoms with Crippen molar-refractivity contribution in [2.24, 2.45) is 5.73 Å². The zero-order chi connectivity index (χ0) is 22.1. The summed E-state index contributed by atoms with van der Waals surface area (Å²) in [5.74, 6) is 0.705. The van der Waals surface area contributed by atoms with E-state index in [0.29, 0.717) is 6.42 Å². The molecule has 8 bridgehead atoms. The van der Waals surface area contributed by atoms with Crippen LogP contribution in [0, 0.1) is 0 Å². The number of aromatic amines is 1. The zero-order valence-electron chi connectivity index (χ0n) is 17.7. The number of nitrogens with two attached hydrogens (primary N) is 1. The number of hydrogen-bond donors (Lipinski definition) is 2. The topological polar surface area (TPSA) is 89.6 Å². The third kappa shape index (κ3) is 4.17. The number of H-pyrrole nitrogens is 1. The maximum Gasteiger partial charge on any atom is 0.248 e. The van der Waals surface area contributed by atoms with Gasteiger partial charge in [0.15, 0.2) is 0 Å². The average molecular weight is 442 g/mol. The Morgan fingerprint density at radius 1 is 0.906 bits per heavy atom. The van der Waals surface area contributed by atoms with E-state index in [0.717, 1.165) is 50.6 Å². The Kier molecular flexibility index (Phi) is 5.51. The SMILES string of the molecule is CSCC[C@H](N)C(=O)n1c2ccc1cc1nc(cc3ccc(cc4nc(c2)C=C4)[nH]3)C=C1. The first-order valence-corrected chi connectivity index (χ1v) is 11.8. The molecule has 3 aromatic rings. The van der Waals surface area contributed by atoms with Gasteiger partial charge in [-0.1, -0.05) is 0 Å². The predicted octanol–water partition coefficient (Wildman–Crippen LogP) is 4.85. The molecule has 0 fully saturated rings. The third-order valence-corrected chi connectivity index (χ3v) is 6.05. The van der Waals surface area contributed by atoms with Crippen molar-refractivity contribution >= 4 is 64.0 Å². The van der Waals surface area contributed by atoms with E-state index in [1.807, 2.05) is 79.1 Å². The van der Waals surface area contributed by atoms with E-state index in [1.54, 1.807) is 16.3 Å². The molecule has 0 amide bonds. The fraction of sp³-hybridized carbons (Fsp3) is 0.160. The van der Waals surface area contributed by atoms with Gasteiger partial charge >= 0.3 is 0 Å². The molecule has 0 saturated carbocycles. The molecule has 5 heterocycles. The van der Waals surface area contributed by atoms with Crippen molar-refractivity contribution in [3.8, 4) is 0 Å². The molecule has 0 unspecified atom stereocenters. The molecule has 0 radical (unpaired) electrons. The molecule has 0 spiro atoms. The van der Waals surface area contributed by atoms with Gasteiger partial charge in [0.2, 0.25) is 5.91 Å². The molecular weight excluding hydrogens is 418 g/mol. The summed E-state index contributed by atoms with van der Waals surface area (Å²) < 4.78 is 1.68. The van der Waals surface area contributed by atoms with Gasteiger partial charge in [0, 0.05) is 11.0 Å². The number of aromatic nitrogens is 4. The highest BCUT2D eigenvalue weighted by atomic mass is 32.2. The molecular formula is C25H23N5OS. The molecule has 0 aliphatic carbocycles. The number of thioether (sulfide) groups is 1. The summed E-state index contributed by atoms with van der Waals surface area (Å²) in [6.07, 6.45) is 10.5. The second kappa shape index (κ2) is 8.61. The number of carbonyl (C=O) groups is 1. The Bertz CT molecular complexity index is 1320. The fourth-order valence-electron chi connectivity index (χ4n) is 3.81. The van der Waals surface area contributed by atoms with Crippen LogP contribution in [0.3, 0.4) is 0 Å². The van der Waals surface area contributed by atoms with Crippen molar-refractivity contribution in [3.05, 3.63) is 71.3 Å². The molecule has 1 atom stereocenters. The predicted molar refractivity (Wildman–Crippen MR) is 134 cm³/mol. The van der Waals surface area contributed by atoms with Crippen LogP contribution in [-0.4, -0.2) is 43.5 Å². The monoisotopic (exact) mass is 441 g/mol. The molecule has 2 aliphatic rings. The molecule has 160 valence electrons. The van der Waals surface area contributed by atoms with Crippen molar-refractivity contribution < 1.29 is 4.79 Å². The van der Waals surface area contributed by atoms with E-state index >= 15 is 0 Å². The van der Waals surface area contributed by atoms with Crippen molar-refractivity contribution in [1.82, 2.24) is 19.5 Å². The lowest BCUT2D eigenvalue weighted by Gasteiger charge is -2.12. The summed E-state index contributed by atoms with van der Waals surface area (Å²) in [6, 6.07) is 15.1. The quantitative estimate of drug-likeness (QED) is 0.416. The van der Waals surface area contributed by atoms with Gasteiger partial charge in [0.05, 0.1) is 39.9 Å². The van der Waals surface area contributed by atoms with Gasteiger partial charge in [-0.15, -0.1) is 0 Å². The third-order valence-electron chi connectivity index (χ3n) is 5.41. The number of nitrogens with zero attached hydrogens (tertiary/aromatic N) is 3. The lowest BCUT2D eigenvalue weighted by Crippen LogP contribution is -2.35. The maximum absolute atomic E-state index is 13.3. The summed E-state index contributed by atoms with van der Waals surface area (Å²) in [5, 5.41) is 0. The van der Waals surface area contributed by atoms with Crippen molar-refractivity contribution in [1.29, 1.82) is 0 Å². The van der Waals surface area contributed by atoms with Crippen LogP contribution < -0.4 is 5.73 Å². The van der Waals surface area contributed by atoms with Crippen LogP contribution in [0.15, 0.2) is 48.5 Å². The number of hydrogen-bond acceptors (Lipinski definition) is 5. The first-order chi connectivity index (χ1) is 15.6. The van der Waals surface area contributed by atoms with Gasteiger partial charge in [-0.05, 0) is 91.3 Å². The van der Waals surface area contributed by atoms with Gasteiger partial charge in [0.1, 0.15) is 0 Å². The molecule has 3 aromatic heterocycles. The molecule has 0 aromatic carbocycles. The molecule has 0 saturated heterocycles. The van der Waals surface area contributed by atoms with Crippen LogP contribution in [-0.2, 0) is 0 Å². The Morgan fingerprint density at radius 2 is 1.41 bits per heavy atom. The Hall–Kier alpha value is -3.42. The second-order valence-electron chi connectivity index (χ2n) is 7.78. The number of nitrogens with one attached hydrogen (secondary N) is 1. The molecule has 7 heteroatoms. The molecule has 5 rings (SSSR count). The van der Waals surface area contributed by atoms with Crippen molar-refractivity contribution in [2.75, 3.05) is 12.0 Å². The summed E-state index contributed by atoms with van der Waals surface area (Å²) in [4.78, 5) is 26.1. The lowest BCUT2D eigenvalue weighted by molar-refractivity contribution is 0.0888. The van der Waals surface area contributed by atoms with Gasteiger partial charge in [-0.3, -0.25) is 9.36 Å². The van der Waals surface area contributed by atoms with E-state index in [4.69, 9.17) is 15.7 Å². The van der Waals surface area contributed by atoms with Crippen LogP contribution in [0.2, 0.25) is 0 Å². The molecule has 3 N–H and O–H groups in total. The van der Waals surface area contributed by atoms with Crippen LogP contribution in [0.5, 0.6) is 0 Å². The summed E-state index contributed by atoms with van der Waals surface area (Å²) in [6.45, 7) is 0.